The first-order valence-corrected chi connectivity index (χ1v) is 4.30. The zero-order valence-electron chi connectivity index (χ0n) is 8.43. The van der Waals surface area contributed by atoms with E-state index in [1.54, 1.807) is 12.3 Å². The second kappa shape index (κ2) is 6.88. The fraction of sp³-hybridized carbons (Fsp3) is 0.400. The van der Waals surface area contributed by atoms with Crippen LogP contribution in [0.15, 0.2) is 23.9 Å². The number of allylic oxidation sites excluding steroid dienone is 3. The molecule has 0 bridgehead atoms. The predicted octanol–water partition coefficient (Wildman–Crippen LogP) is 1.40. The van der Waals surface area contributed by atoms with Crippen molar-refractivity contribution in [1.29, 1.82) is 0 Å². The SMILES string of the molecule is CC(C)=C/C=C\N(C=O)CCC(=O)O. The van der Waals surface area contributed by atoms with E-state index >= 15 is 0 Å². The molecule has 0 saturated carbocycles. The van der Waals surface area contributed by atoms with Crippen molar-refractivity contribution >= 4 is 12.4 Å². The van der Waals surface area contributed by atoms with Crippen molar-refractivity contribution in [2.75, 3.05) is 6.54 Å². The summed E-state index contributed by atoms with van der Waals surface area (Å²) in [4.78, 5) is 22.0. The first kappa shape index (κ1) is 12.4. The van der Waals surface area contributed by atoms with Gasteiger partial charge in [0, 0.05) is 12.7 Å². The van der Waals surface area contributed by atoms with Crippen molar-refractivity contribution in [3.8, 4) is 0 Å². The van der Waals surface area contributed by atoms with E-state index in [0.717, 1.165) is 5.57 Å². The molecule has 1 N–H and O–H groups in total. The lowest BCUT2D eigenvalue weighted by Gasteiger charge is -2.08. The molecule has 0 aromatic rings. The van der Waals surface area contributed by atoms with Gasteiger partial charge in [-0.3, -0.25) is 9.59 Å². The predicted molar refractivity (Wildman–Crippen MR) is 53.6 cm³/mol. The van der Waals surface area contributed by atoms with Gasteiger partial charge in [0.15, 0.2) is 0 Å². The molecule has 0 aliphatic carbocycles. The van der Waals surface area contributed by atoms with Crippen molar-refractivity contribution in [2.45, 2.75) is 20.3 Å². The molecule has 0 saturated heterocycles. The Bertz CT molecular complexity index is 252. The number of aliphatic carboxylic acids is 1. The van der Waals surface area contributed by atoms with Gasteiger partial charge >= 0.3 is 5.97 Å². The Balaban J connectivity index is 4.02. The fourth-order valence-electron chi connectivity index (χ4n) is 0.733. The Morgan fingerprint density at radius 1 is 1.43 bits per heavy atom. The zero-order valence-corrected chi connectivity index (χ0v) is 8.43. The molecule has 0 aliphatic rings. The van der Waals surface area contributed by atoms with Crippen molar-refractivity contribution in [3.05, 3.63) is 23.9 Å². The molecular weight excluding hydrogens is 182 g/mol. The molecule has 1 amide bonds. The number of hydrogen-bond donors (Lipinski definition) is 1. The minimum absolute atomic E-state index is 0.0437. The molecule has 0 aliphatic heterocycles. The minimum Gasteiger partial charge on any atom is -0.481 e. The average Bonchev–Trinajstić information content (AvgIpc) is 2.10. The Morgan fingerprint density at radius 3 is 2.50 bits per heavy atom. The molecule has 78 valence electrons. The summed E-state index contributed by atoms with van der Waals surface area (Å²) in [5.74, 6) is -0.910. The topological polar surface area (TPSA) is 57.6 Å². The summed E-state index contributed by atoms with van der Waals surface area (Å²) in [7, 11) is 0. The number of carboxylic acids is 1. The van der Waals surface area contributed by atoms with Crippen molar-refractivity contribution in [1.82, 2.24) is 4.90 Å². The Hall–Kier alpha value is -1.58. The number of hydrogen-bond acceptors (Lipinski definition) is 2. The zero-order chi connectivity index (χ0) is 11.0. The fourth-order valence-corrected chi connectivity index (χ4v) is 0.733. The van der Waals surface area contributed by atoms with Gasteiger partial charge in [-0.25, -0.2) is 0 Å². The third-order valence-corrected chi connectivity index (χ3v) is 1.43. The number of carbonyl (C=O) groups is 2. The van der Waals surface area contributed by atoms with Crippen molar-refractivity contribution < 1.29 is 14.7 Å². The summed E-state index contributed by atoms with van der Waals surface area (Å²) in [6.45, 7) is 4.08. The molecule has 0 unspecified atom stereocenters. The van der Waals surface area contributed by atoms with Crippen LogP contribution in [0.5, 0.6) is 0 Å². The first-order chi connectivity index (χ1) is 6.56. The highest BCUT2D eigenvalue weighted by Crippen LogP contribution is 1.93. The maximum absolute atomic E-state index is 10.5. The third-order valence-electron chi connectivity index (χ3n) is 1.43. The summed E-state index contributed by atoms with van der Waals surface area (Å²) in [5.41, 5.74) is 1.12. The minimum atomic E-state index is -0.910. The van der Waals surface area contributed by atoms with Crippen LogP contribution in [0.1, 0.15) is 20.3 Å². The van der Waals surface area contributed by atoms with Crippen LogP contribution in [0.2, 0.25) is 0 Å². The summed E-state index contributed by atoms with van der Waals surface area (Å²) < 4.78 is 0. The highest BCUT2D eigenvalue weighted by molar-refractivity contribution is 5.67. The van der Waals surface area contributed by atoms with E-state index in [4.69, 9.17) is 5.11 Å². The van der Waals surface area contributed by atoms with Crippen molar-refractivity contribution in [3.63, 3.8) is 0 Å². The number of amides is 1. The summed E-state index contributed by atoms with van der Waals surface area (Å²) in [6.07, 6.45) is 5.68. The molecule has 0 rings (SSSR count). The number of nitrogens with zero attached hydrogens (tertiary/aromatic N) is 1. The van der Waals surface area contributed by atoms with E-state index in [2.05, 4.69) is 0 Å². The van der Waals surface area contributed by atoms with Crippen LogP contribution in [-0.2, 0) is 9.59 Å². The van der Waals surface area contributed by atoms with Gasteiger partial charge < -0.3 is 10.0 Å². The van der Waals surface area contributed by atoms with Gasteiger partial charge in [-0.05, 0) is 19.9 Å². The Kier molecular flexibility index (Phi) is 6.11. The summed E-state index contributed by atoms with van der Waals surface area (Å²) in [5, 5.41) is 8.39. The quantitative estimate of drug-likeness (QED) is 0.517. The van der Waals surface area contributed by atoms with E-state index in [9.17, 15) is 9.59 Å². The van der Waals surface area contributed by atoms with Gasteiger partial charge in [-0.1, -0.05) is 11.6 Å². The normalized spacial score (nSPS) is 9.86. The van der Waals surface area contributed by atoms with Gasteiger partial charge in [-0.15, -0.1) is 0 Å². The smallest absolute Gasteiger partial charge is 0.305 e. The highest BCUT2D eigenvalue weighted by Gasteiger charge is 2.00. The molecule has 0 radical (unpaired) electrons. The van der Waals surface area contributed by atoms with Gasteiger partial charge in [0.05, 0.1) is 6.42 Å². The van der Waals surface area contributed by atoms with Gasteiger partial charge in [0.25, 0.3) is 0 Å². The molecule has 14 heavy (non-hydrogen) atoms. The van der Waals surface area contributed by atoms with Crippen LogP contribution < -0.4 is 0 Å². The molecule has 0 aromatic heterocycles. The van der Waals surface area contributed by atoms with E-state index in [0.29, 0.717) is 6.41 Å². The summed E-state index contributed by atoms with van der Waals surface area (Å²) >= 11 is 0. The van der Waals surface area contributed by atoms with Crippen LogP contribution >= 0.6 is 0 Å². The molecule has 4 nitrogen and oxygen atoms in total. The second-order valence-corrected chi connectivity index (χ2v) is 3.07. The monoisotopic (exact) mass is 197 g/mol. The van der Waals surface area contributed by atoms with Crippen LogP contribution in [0.25, 0.3) is 0 Å². The van der Waals surface area contributed by atoms with Gasteiger partial charge in [0.1, 0.15) is 0 Å². The van der Waals surface area contributed by atoms with Crippen LogP contribution in [-0.4, -0.2) is 28.9 Å². The number of carbonyl (C=O) groups excluding carboxylic acids is 1. The first-order valence-electron chi connectivity index (χ1n) is 4.30. The molecule has 0 heterocycles. The van der Waals surface area contributed by atoms with Gasteiger partial charge in [-0.2, -0.15) is 0 Å². The number of carboxylic acid groups (broad SMARTS) is 1. The van der Waals surface area contributed by atoms with Crippen LogP contribution in [0, 0.1) is 0 Å². The molecule has 0 fully saturated rings. The third kappa shape index (κ3) is 7.09. The lowest BCUT2D eigenvalue weighted by atomic mass is 10.3. The largest absolute Gasteiger partial charge is 0.481 e. The lowest BCUT2D eigenvalue weighted by molar-refractivity contribution is -0.137. The van der Waals surface area contributed by atoms with Crippen LogP contribution in [0.4, 0.5) is 0 Å². The van der Waals surface area contributed by atoms with Gasteiger partial charge in [0.2, 0.25) is 6.41 Å². The Morgan fingerprint density at radius 2 is 2.07 bits per heavy atom. The van der Waals surface area contributed by atoms with E-state index in [-0.39, 0.29) is 13.0 Å². The standard InChI is InChI=1S/C10H15NO3/c1-9(2)4-3-6-11(8-12)7-5-10(13)14/h3-4,6,8H,5,7H2,1-2H3,(H,13,14)/b6-3-. The van der Waals surface area contributed by atoms with E-state index in [1.165, 1.54) is 4.90 Å². The highest BCUT2D eigenvalue weighted by atomic mass is 16.4. The lowest BCUT2D eigenvalue weighted by Crippen LogP contribution is -2.18. The molecule has 0 aromatic carbocycles. The molecule has 0 atom stereocenters. The molecular formula is C10H15NO3. The van der Waals surface area contributed by atoms with E-state index < -0.39 is 5.97 Å². The maximum atomic E-state index is 10.5. The van der Waals surface area contributed by atoms with Crippen molar-refractivity contribution in [2.24, 2.45) is 0 Å². The maximum Gasteiger partial charge on any atom is 0.305 e. The molecule has 4 heteroatoms. The number of rotatable bonds is 6. The van der Waals surface area contributed by atoms with Crippen LogP contribution in [0.3, 0.4) is 0 Å². The second-order valence-electron chi connectivity index (χ2n) is 3.07. The average molecular weight is 197 g/mol. The molecule has 0 spiro atoms. The van der Waals surface area contributed by atoms with E-state index in [1.807, 2.05) is 19.9 Å². The Labute approximate surface area is 83.5 Å². The summed E-state index contributed by atoms with van der Waals surface area (Å²) in [6, 6.07) is 0.